The van der Waals surface area contributed by atoms with Crippen LogP contribution in [0.3, 0.4) is 0 Å². The van der Waals surface area contributed by atoms with Crippen molar-refractivity contribution in [3.63, 3.8) is 0 Å². The zero-order valence-corrected chi connectivity index (χ0v) is 17.4. The van der Waals surface area contributed by atoms with Gasteiger partial charge in [0.2, 0.25) is 17.0 Å². The molecule has 0 aliphatic carbocycles. The molecule has 156 valence electrons. The summed E-state index contributed by atoms with van der Waals surface area (Å²) in [6.07, 6.45) is 0. The first-order valence-electron chi connectivity index (χ1n) is 9.20. The average Bonchev–Trinajstić information content (AvgIpc) is 3.09. The molecule has 3 rings (SSSR count). The van der Waals surface area contributed by atoms with Crippen LogP contribution in [0, 0.1) is 0 Å². The van der Waals surface area contributed by atoms with E-state index >= 15 is 0 Å². The Bertz CT molecular complexity index is 1020. The van der Waals surface area contributed by atoms with Gasteiger partial charge in [-0.2, -0.15) is 0 Å². The number of nitrogens with one attached hydrogen (secondary N) is 2. The average molecular weight is 427 g/mol. The molecule has 1 aromatic heterocycles. The maximum Gasteiger partial charge on any atom is 0.234 e. The van der Waals surface area contributed by atoms with Crippen molar-refractivity contribution < 1.29 is 14.3 Å². The molecule has 9 nitrogen and oxygen atoms in total. The van der Waals surface area contributed by atoms with Gasteiger partial charge in [0.1, 0.15) is 5.75 Å². The third-order valence-electron chi connectivity index (χ3n) is 3.91. The standard InChI is InChI=1S/C20H22N6O3S/c1-3-29-17-10-4-14(5-11-17)19-24-25-20(26(19)21)30-12-18(28)23-16-8-6-15(7-9-16)22-13(2)27/h4-11H,3,12,21H2,1-2H3,(H,22,27)(H,23,28). The summed E-state index contributed by atoms with van der Waals surface area (Å²) in [6.45, 7) is 3.95. The molecule has 0 aliphatic rings. The predicted molar refractivity (Wildman–Crippen MR) is 117 cm³/mol. The van der Waals surface area contributed by atoms with Crippen LogP contribution in [0.5, 0.6) is 5.75 Å². The molecule has 0 fully saturated rings. The predicted octanol–water partition coefficient (Wildman–Crippen LogP) is 2.75. The lowest BCUT2D eigenvalue weighted by atomic mass is 10.2. The minimum absolute atomic E-state index is 0.117. The molecule has 0 aliphatic heterocycles. The SMILES string of the molecule is CCOc1ccc(-c2nnc(SCC(=O)Nc3ccc(NC(C)=O)cc3)n2N)cc1. The van der Waals surface area contributed by atoms with E-state index in [-0.39, 0.29) is 17.6 Å². The van der Waals surface area contributed by atoms with Gasteiger partial charge in [0.05, 0.1) is 12.4 Å². The first-order chi connectivity index (χ1) is 14.5. The third-order valence-corrected chi connectivity index (χ3v) is 4.85. The van der Waals surface area contributed by atoms with Crippen molar-refractivity contribution in [1.82, 2.24) is 14.9 Å². The number of aromatic nitrogens is 3. The number of amides is 2. The minimum atomic E-state index is -0.210. The topological polar surface area (TPSA) is 124 Å². The van der Waals surface area contributed by atoms with Crippen LogP contribution < -0.4 is 21.2 Å². The van der Waals surface area contributed by atoms with Crippen LogP contribution in [-0.4, -0.2) is 39.0 Å². The molecule has 4 N–H and O–H groups in total. The second kappa shape index (κ2) is 9.79. The van der Waals surface area contributed by atoms with Crippen LogP contribution in [0.15, 0.2) is 53.7 Å². The third kappa shape index (κ3) is 5.51. The van der Waals surface area contributed by atoms with E-state index in [9.17, 15) is 9.59 Å². The molecule has 10 heteroatoms. The molecule has 2 amide bonds. The van der Waals surface area contributed by atoms with Crippen LogP contribution in [-0.2, 0) is 9.59 Å². The summed E-state index contributed by atoms with van der Waals surface area (Å²) in [7, 11) is 0. The second-order valence-electron chi connectivity index (χ2n) is 6.23. The molecule has 1 heterocycles. The van der Waals surface area contributed by atoms with Crippen LogP contribution in [0.25, 0.3) is 11.4 Å². The lowest BCUT2D eigenvalue weighted by Gasteiger charge is -2.07. The van der Waals surface area contributed by atoms with Gasteiger partial charge in [-0.15, -0.1) is 10.2 Å². The summed E-state index contributed by atoms with van der Waals surface area (Å²) < 4.78 is 6.79. The first-order valence-corrected chi connectivity index (χ1v) is 10.2. The number of ether oxygens (including phenoxy) is 1. The van der Waals surface area contributed by atoms with Gasteiger partial charge in [0.25, 0.3) is 0 Å². The molecule has 2 aromatic carbocycles. The normalized spacial score (nSPS) is 10.5. The molecular weight excluding hydrogens is 404 g/mol. The Morgan fingerprint density at radius 3 is 2.27 bits per heavy atom. The summed E-state index contributed by atoms with van der Waals surface area (Å²) >= 11 is 1.18. The second-order valence-corrected chi connectivity index (χ2v) is 7.17. The highest BCUT2D eigenvalue weighted by atomic mass is 32.2. The van der Waals surface area contributed by atoms with Gasteiger partial charge in [-0.05, 0) is 55.5 Å². The molecule has 0 spiro atoms. The van der Waals surface area contributed by atoms with Gasteiger partial charge in [0, 0.05) is 23.9 Å². The largest absolute Gasteiger partial charge is 0.494 e. The highest BCUT2D eigenvalue weighted by Gasteiger charge is 2.14. The van der Waals surface area contributed by atoms with E-state index in [1.165, 1.54) is 23.4 Å². The number of hydrogen-bond acceptors (Lipinski definition) is 7. The van der Waals surface area contributed by atoms with Crippen LogP contribution in [0.4, 0.5) is 11.4 Å². The van der Waals surface area contributed by atoms with Gasteiger partial charge >= 0.3 is 0 Å². The summed E-state index contributed by atoms with van der Waals surface area (Å²) in [6, 6.07) is 14.2. The van der Waals surface area contributed by atoms with Gasteiger partial charge in [-0.3, -0.25) is 9.59 Å². The van der Waals surface area contributed by atoms with E-state index in [0.717, 1.165) is 11.3 Å². The number of anilines is 2. The quantitative estimate of drug-likeness (QED) is 0.374. The highest BCUT2D eigenvalue weighted by Crippen LogP contribution is 2.24. The van der Waals surface area contributed by atoms with Crippen LogP contribution in [0.1, 0.15) is 13.8 Å². The van der Waals surface area contributed by atoms with E-state index in [4.69, 9.17) is 10.6 Å². The van der Waals surface area contributed by atoms with E-state index in [1.54, 1.807) is 24.3 Å². The van der Waals surface area contributed by atoms with Gasteiger partial charge in [0.15, 0.2) is 5.82 Å². The fraction of sp³-hybridized carbons (Fsp3) is 0.200. The van der Waals surface area contributed by atoms with Crippen molar-refractivity contribution in [2.24, 2.45) is 0 Å². The number of rotatable bonds is 8. The maximum atomic E-state index is 12.2. The molecule has 0 bridgehead atoms. The Kier molecular flexibility index (Phi) is 6.91. The number of thioether (sulfide) groups is 1. The number of nitrogens with zero attached hydrogens (tertiary/aromatic N) is 3. The van der Waals surface area contributed by atoms with Crippen molar-refractivity contribution in [3.8, 4) is 17.1 Å². The Labute approximate surface area is 178 Å². The molecule has 0 unspecified atom stereocenters. The molecule has 0 radical (unpaired) electrons. The number of carbonyl (C=O) groups excluding carboxylic acids is 2. The van der Waals surface area contributed by atoms with Crippen molar-refractivity contribution in [2.45, 2.75) is 19.0 Å². The van der Waals surface area contributed by atoms with Crippen LogP contribution in [0.2, 0.25) is 0 Å². The zero-order valence-electron chi connectivity index (χ0n) is 16.6. The summed E-state index contributed by atoms with van der Waals surface area (Å²) in [5.74, 6) is 7.11. The fourth-order valence-corrected chi connectivity index (χ4v) is 3.26. The van der Waals surface area contributed by atoms with Crippen molar-refractivity contribution in [2.75, 3.05) is 28.8 Å². The van der Waals surface area contributed by atoms with E-state index in [0.29, 0.717) is 29.0 Å². The van der Waals surface area contributed by atoms with Crippen LogP contribution >= 0.6 is 11.8 Å². The molecule has 0 atom stereocenters. The number of hydrogen-bond donors (Lipinski definition) is 3. The Balaban J connectivity index is 1.57. The maximum absolute atomic E-state index is 12.2. The number of nitrogen functional groups attached to an aromatic ring is 1. The molecule has 3 aromatic rings. The lowest BCUT2D eigenvalue weighted by Crippen LogP contribution is -2.16. The Morgan fingerprint density at radius 2 is 1.67 bits per heavy atom. The lowest BCUT2D eigenvalue weighted by molar-refractivity contribution is -0.114. The van der Waals surface area contributed by atoms with Crippen molar-refractivity contribution in [3.05, 3.63) is 48.5 Å². The summed E-state index contributed by atoms with van der Waals surface area (Å²) in [5, 5.41) is 14.1. The molecule has 30 heavy (non-hydrogen) atoms. The Hall–Kier alpha value is -3.53. The van der Waals surface area contributed by atoms with E-state index in [2.05, 4.69) is 20.8 Å². The molecule has 0 saturated heterocycles. The van der Waals surface area contributed by atoms with Gasteiger partial charge < -0.3 is 21.2 Å². The monoisotopic (exact) mass is 426 g/mol. The van der Waals surface area contributed by atoms with Crippen molar-refractivity contribution in [1.29, 1.82) is 0 Å². The van der Waals surface area contributed by atoms with Crippen molar-refractivity contribution >= 4 is 35.0 Å². The van der Waals surface area contributed by atoms with Gasteiger partial charge in [-0.25, -0.2) is 4.68 Å². The minimum Gasteiger partial charge on any atom is -0.494 e. The Morgan fingerprint density at radius 1 is 1.03 bits per heavy atom. The highest BCUT2D eigenvalue weighted by molar-refractivity contribution is 7.99. The summed E-state index contributed by atoms with van der Waals surface area (Å²) in [4.78, 5) is 23.3. The summed E-state index contributed by atoms with van der Waals surface area (Å²) in [5.41, 5.74) is 2.08. The number of nitrogens with two attached hydrogens (primary N) is 1. The van der Waals surface area contributed by atoms with E-state index < -0.39 is 0 Å². The molecular formula is C20H22N6O3S. The number of benzene rings is 2. The van der Waals surface area contributed by atoms with E-state index in [1.807, 2.05) is 31.2 Å². The smallest absolute Gasteiger partial charge is 0.234 e. The number of carbonyl (C=O) groups is 2. The zero-order chi connectivity index (χ0) is 21.5. The fourth-order valence-electron chi connectivity index (χ4n) is 2.61. The molecule has 0 saturated carbocycles. The first kappa shape index (κ1) is 21.2. The van der Waals surface area contributed by atoms with Gasteiger partial charge in [-0.1, -0.05) is 11.8 Å².